The Morgan fingerprint density at radius 2 is 2.06 bits per heavy atom. The number of amides is 1. The van der Waals surface area contributed by atoms with E-state index in [1.54, 1.807) is 34.1 Å². The molecule has 5 nitrogen and oxygen atoms in total. The normalized spacial score (nSPS) is 11.0. The summed E-state index contributed by atoms with van der Waals surface area (Å²) in [5.41, 5.74) is 1.72. The second-order valence-corrected chi connectivity index (χ2v) is 9.67. The fourth-order valence-electron chi connectivity index (χ4n) is 3.20. The molecule has 0 saturated heterocycles. The molecule has 1 amide bonds. The van der Waals surface area contributed by atoms with Gasteiger partial charge in [-0.2, -0.15) is 0 Å². The Morgan fingerprint density at radius 1 is 1.25 bits per heavy atom. The number of fused-ring (bicyclic) bond motifs is 1. The fraction of sp³-hybridized carbons (Fsp3) is 0.174. The van der Waals surface area contributed by atoms with E-state index in [1.807, 2.05) is 22.9 Å². The van der Waals surface area contributed by atoms with Gasteiger partial charge in [-0.3, -0.25) is 14.2 Å². The average molecular weight is 486 g/mol. The second kappa shape index (κ2) is 10.2. The Morgan fingerprint density at radius 3 is 2.78 bits per heavy atom. The van der Waals surface area contributed by atoms with Crippen LogP contribution in [-0.4, -0.2) is 27.8 Å². The lowest BCUT2D eigenvalue weighted by Crippen LogP contribution is -2.28. The molecule has 32 heavy (non-hydrogen) atoms. The van der Waals surface area contributed by atoms with Gasteiger partial charge < -0.3 is 5.32 Å². The van der Waals surface area contributed by atoms with Crippen LogP contribution in [0.15, 0.2) is 69.8 Å². The van der Waals surface area contributed by atoms with Crippen molar-refractivity contribution in [2.24, 2.45) is 0 Å². The molecule has 0 unspecified atom stereocenters. The zero-order valence-electron chi connectivity index (χ0n) is 17.0. The summed E-state index contributed by atoms with van der Waals surface area (Å²) in [4.78, 5) is 31.9. The molecule has 0 aliphatic heterocycles. The molecule has 0 bridgehead atoms. The molecule has 4 aromatic rings. The molecule has 0 aliphatic rings. The fourth-order valence-corrected chi connectivity index (χ4v) is 5.84. The minimum Gasteiger partial charge on any atom is -0.355 e. The molecular formula is C23H20FN3O2S3. The molecule has 1 aromatic carbocycles. The Labute approximate surface area is 196 Å². The molecule has 1 N–H and O–H groups in total. The van der Waals surface area contributed by atoms with E-state index in [0.717, 1.165) is 16.0 Å². The van der Waals surface area contributed by atoms with E-state index in [9.17, 15) is 14.0 Å². The largest absolute Gasteiger partial charge is 0.355 e. The number of allylic oxidation sites excluding steroid dienone is 1. The first-order valence-electron chi connectivity index (χ1n) is 9.87. The number of halogens is 1. The van der Waals surface area contributed by atoms with E-state index < -0.39 is 0 Å². The van der Waals surface area contributed by atoms with Crippen LogP contribution >= 0.6 is 34.4 Å². The number of aromatic nitrogens is 2. The van der Waals surface area contributed by atoms with Crippen LogP contribution in [0.4, 0.5) is 4.39 Å². The maximum atomic E-state index is 13.3. The van der Waals surface area contributed by atoms with Gasteiger partial charge in [-0.25, -0.2) is 9.37 Å². The van der Waals surface area contributed by atoms with Crippen molar-refractivity contribution in [1.29, 1.82) is 0 Å². The number of carbonyl (C=O) groups excluding carboxylic acids is 1. The number of rotatable bonds is 9. The number of nitrogens with zero attached hydrogens (tertiary/aromatic N) is 2. The van der Waals surface area contributed by atoms with Gasteiger partial charge in [-0.1, -0.05) is 36.0 Å². The first-order chi connectivity index (χ1) is 15.6. The van der Waals surface area contributed by atoms with E-state index in [0.29, 0.717) is 34.9 Å². The maximum absolute atomic E-state index is 13.3. The Kier molecular flexibility index (Phi) is 7.19. The smallest absolute Gasteiger partial charge is 0.263 e. The van der Waals surface area contributed by atoms with Crippen molar-refractivity contribution >= 4 is 50.6 Å². The number of hydrogen-bond donors (Lipinski definition) is 1. The van der Waals surface area contributed by atoms with Crippen molar-refractivity contribution in [2.45, 2.75) is 18.1 Å². The van der Waals surface area contributed by atoms with Crippen LogP contribution in [0.2, 0.25) is 0 Å². The lowest BCUT2D eigenvalue weighted by molar-refractivity contribution is -0.118. The van der Waals surface area contributed by atoms with Crippen molar-refractivity contribution in [3.8, 4) is 10.4 Å². The van der Waals surface area contributed by atoms with Crippen LogP contribution in [0.25, 0.3) is 20.7 Å². The van der Waals surface area contributed by atoms with Gasteiger partial charge in [0.25, 0.3) is 5.56 Å². The summed E-state index contributed by atoms with van der Waals surface area (Å²) in [7, 11) is 0. The van der Waals surface area contributed by atoms with Crippen molar-refractivity contribution in [3.05, 3.63) is 81.5 Å². The highest BCUT2D eigenvalue weighted by atomic mass is 32.2. The molecule has 0 radical (unpaired) electrons. The standard InChI is InChI=1S/C23H20FN3O2S3/c1-2-11-27-22(29)20-17(18-4-3-12-30-18)13-31-21(20)26-23(27)32-14-19(28)25-10-9-15-5-7-16(24)8-6-15/h2-8,12-13H,1,9-11,14H2,(H,25,28). The van der Waals surface area contributed by atoms with Gasteiger partial charge >= 0.3 is 0 Å². The van der Waals surface area contributed by atoms with Crippen LogP contribution in [0.1, 0.15) is 5.56 Å². The highest BCUT2D eigenvalue weighted by Crippen LogP contribution is 2.34. The van der Waals surface area contributed by atoms with Gasteiger partial charge in [-0.05, 0) is 35.6 Å². The van der Waals surface area contributed by atoms with E-state index in [2.05, 4.69) is 16.9 Å². The van der Waals surface area contributed by atoms with Crippen molar-refractivity contribution in [2.75, 3.05) is 12.3 Å². The predicted octanol–water partition coefficient (Wildman–Crippen LogP) is 4.96. The quantitative estimate of drug-likeness (QED) is 0.207. The van der Waals surface area contributed by atoms with Gasteiger partial charge in [0.05, 0.1) is 11.1 Å². The lowest BCUT2D eigenvalue weighted by Gasteiger charge is -2.11. The average Bonchev–Trinajstić information content (AvgIpc) is 3.46. The minimum absolute atomic E-state index is 0.126. The number of thioether (sulfide) groups is 1. The molecule has 9 heteroatoms. The van der Waals surface area contributed by atoms with Crippen LogP contribution in [0, 0.1) is 5.82 Å². The Hall–Kier alpha value is -2.75. The number of carbonyl (C=O) groups is 1. The van der Waals surface area contributed by atoms with Crippen LogP contribution < -0.4 is 10.9 Å². The summed E-state index contributed by atoms with van der Waals surface area (Å²) in [5.74, 6) is -0.290. The van der Waals surface area contributed by atoms with Gasteiger partial charge in [0.2, 0.25) is 5.91 Å². The highest BCUT2D eigenvalue weighted by molar-refractivity contribution is 7.99. The zero-order valence-corrected chi connectivity index (χ0v) is 19.5. The maximum Gasteiger partial charge on any atom is 0.263 e. The van der Waals surface area contributed by atoms with E-state index in [4.69, 9.17) is 0 Å². The molecule has 3 heterocycles. The van der Waals surface area contributed by atoms with Gasteiger partial charge in [0.15, 0.2) is 5.16 Å². The molecule has 0 fully saturated rings. The predicted molar refractivity (Wildman–Crippen MR) is 131 cm³/mol. The van der Waals surface area contributed by atoms with E-state index in [1.165, 1.54) is 35.2 Å². The number of benzene rings is 1. The van der Waals surface area contributed by atoms with E-state index in [-0.39, 0.29) is 23.0 Å². The van der Waals surface area contributed by atoms with Crippen molar-refractivity contribution < 1.29 is 9.18 Å². The number of hydrogen-bond acceptors (Lipinski definition) is 6. The third-order valence-corrected chi connectivity index (χ3v) is 7.49. The molecule has 3 aromatic heterocycles. The SMILES string of the molecule is C=CCn1c(SCC(=O)NCCc2ccc(F)cc2)nc2scc(-c3cccs3)c2c1=O. The summed E-state index contributed by atoms with van der Waals surface area (Å²) >= 11 is 4.24. The third kappa shape index (κ3) is 5.01. The molecule has 0 saturated carbocycles. The number of nitrogens with one attached hydrogen (secondary N) is 1. The van der Waals surface area contributed by atoms with Gasteiger partial charge in [0.1, 0.15) is 10.6 Å². The summed E-state index contributed by atoms with van der Waals surface area (Å²) in [6, 6.07) is 10.2. The summed E-state index contributed by atoms with van der Waals surface area (Å²) in [6.07, 6.45) is 2.27. The third-order valence-electron chi connectivity index (χ3n) is 4.74. The summed E-state index contributed by atoms with van der Waals surface area (Å²) in [5, 5.41) is 7.89. The van der Waals surface area contributed by atoms with Crippen LogP contribution in [0.3, 0.4) is 0 Å². The van der Waals surface area contributed by atoms with Crippen molar-refractivity contribution in [1.82, 2.24) is 14.9 Å². The molecule has 164 valence electrons. The van der Waals surface area contributed by atoms with Crippen LogP contribution in [0.5, 0.6) is 0 Å². The Bertz CT molecular complexity index is 1290. The van der Waals surface area contributed by atoms with Gasteiger partial charge in [-0.15, -0.1) is 29.3 Å². The van der Waals surface area contributed by atoms with E-state index >= 15 is 0 Å². The highest BCUT2D eigenvalue weighted by Gasteiger charge is 2.18. The molecule has 0 aliphatic carbocycles. The second-order valence-electron chi connectivity index (χ2n) is 6.92. The molecule has 0 atom stereocenters. The monoisotopic (exact) mass is 485 g/mol. The molecular weight excluding hydrogens is 465 g/mol. The molecule has 0 spiro atoms. The summed E-state index contributed by atoms with van der Waals surface area (Å²) < 4.78 is 14.5. The first kappa shape index (κ1) is 22.4. The summed E-state index contributed by atoms with van der Waals surface area (Å²) in [6.45, 7) is 4.52. The first-order valence-corrected chi connectivity index (χ1v) is 12.6. The van der Waals surface area contributed by atoms with Crippen LogP contribution in [-0.2, 0) is 17.8 Å². The Balaban J connectivity index is 1.46. The number of thiophene rings is 2. The lowest BCUT2D eigenvalue weighted by atomic mass is 10.1. The topological polar surface area (TPSA) is 64.0 Å². The zero-order chi connectivity index (χ0) is 22.5. The minimum atomic E-state index is -0.280. The van der Waals surface area contributed by atoms with Crippen molar-refractivity contribution in [3.63, 3.8) is 0 Å². The van der Waals surface area contributed by atoms with Gasteiger partial charge in [0, 0.05) is 28.9 Å². The molecule has 4 rings (SSSR count).